The van der Waals surface area contributed by atoms with E-state index in [1.165, 1.54) is 0 Å². The Kier molecular flexibility index (Phi) is 1.75. The molecule has 15 heavy (non-hydrogen) atoms. The second-order valence-corrected chi connectivity index (χ2v) is 5.27. The van der Waals surface area contributed by atoms with Crippen molar-refractivity contribution in [2.24, 2.45) is 10.8 Å². The highest BCUT2D eigenvalue weighted by Gasteiger charge is 2.66. The number of H-pyrrole nitrogens is 1. The maximum atomic E-state index is 11.2. The summed E-state index contributed by atoms with van der Waals surface area (Å²) in [5.74, 6) is 0.942. The minimum atomic E-state index is -0.420. The molecule has 0 unspecified atom stereocenters. The van der Waals surface area contributed by atoms with Gasteiger partial charge in [-0.15, -0.1) is 0 Å². The second-order valence-electron chi connectivity index (χ2n) is 5.27. The minimum absolute atomic E-state index is 0.0484. The molecule has 2 rings (SSSR count). The lowest BCUT2D eigenvalue weighted by molar-refractivity contribution is 0.457. The Hall–Kier alpha value is -1.39. The molecule has 0 radical (unpaired) electrons. The third kappa shape index (κ3) is 1.26. The lowest BCUT2D eigenvalue weighted by atomic mass is 10.0. The number of nitrogens with one attached hydrogen (secondary N) is 1. The van der Waals surface area contributed by atoms with Crippen molar-refractivity contribution in [3.63, 3.8) is 0 Å². The van der Waals surface area contributed by atoms with E-state index in [0.717, 1.165) is 0 Å². The van der Waals surface area contributed by atoms with Crippen molar-refractivity contribution in [2.45, 2.75) is 33.6 Å². The smallest absolute Gasteiger partial charge is 0.349 e. The van der Waals surface area contributed by atoms with Crippen LogP contribution in [0.3, 0.4) is 0 Å². The van der Waals surface area contributed by atoms with Gasteiger partial charge in [0.1, 0.15) is 5.82 Å². The summed E-state index contributed by atoms with van der Waals surface area (Å²) in [4.78, 5) is 21.4. The molecule has 1 aliphatic rings. The molecule has 0 spiro atoms. The maximum Gasteiger partial charge on any atom is 0.349 e. The van der Waals surface area contributed by atoms with E-state index in [1.54, 1.807) is 0 Å². The number of aromatic nitrogens is 3. The molecule has 1 aliphatic carbocycles. The number of nitrogens with zero attached hydrogens (tertiary/aromatic N) is 2. The molecule has 0 aromatic carbocycles. The molecule has 0 amide bonds. The van der Waals surface area contributed by atoms with Crippen LogP contribution in [0.2, 0.25) is 0 Å². The van der Waals surface area contributed by atoms with Gasteiger partial charge in [0.15, 0.2) is 0 Å². The third-order valence-corrected chi connectivity index (χ3v) is 3.98. The van der Waals surface area contributed by atoms with E-state index in [1.807, 2.05) is 0 Å². The summed E-state index contributed by atoms with van der Waals surface area (Å²) in [7, 11) is 0. The first-order chi connectivity index (χ1) is 6.76. The zero-order chi connectivity index (χ0) is 11.4. The minimum Gasteiger partial charge on any atom is -0.368 e. The van der Waals surface area contributed by atoms with Gasteiger partial charge in [-0.3, -0.25) is 4.98 Å². The first kappa shape index (κ1) is 10.1. The molecular formula is C10H16N4O. The van der Waals surface area contributed by atoms with Crippen molar-refractivity contribution >= 4 is 5.95 Å². The first-order valence-corrected chi connectivity index (χ1v) is 5.00. The van der Waals surface area contributed by atoms with Crippen LogP contribution in [-0.2, 0) is 0 Å². The standard InChI is InChI=1S/C10H16N4O/c1-9(2)5(10(9,3)4)6-12-7(11)14-8(15)13-6/h5H,1-4H3,(H3,11,12,13,14,15). The Morgan fingerprint density at radius 1 is 1.20 bits per heavy atom. The summed E-state index contributed by atoms with van der Waals surface area (Å²) in [5.41, 5.74) is 5.31. The molecule has 82 valence electrons. The summed E-state index contributed by atoms with van der Waals surface area (Å²) in [6.07, 6.45) is 0. The fourth-order valence-corrected chi connectivity index (χ4v) is 2.43. The van der Waals surface area contributed by atoms with Gasteiger partial charge in [0.25, 0.3) is 0 Å². The highest BCUT2D eigenvalue weighted by Crippen LogP contribution is 2.72. The average molecular weight is 208 g/mol. The van der Waals surface area contributed by atoms with Crippen LogP contribution in [-0.4, -0.2) is 15.0 Å². The van der Waals surface area contributed by atoms with E-state index in [2.05, 4.69) is 42.6 Å². The van der Waals surface area contributed by atoms with Gasteiger partial charge in [-0.2, -0.15) is 9.97 Å². The number of aromatic amines is 1. The number of nitrogens with two attached hydrogens (primary N) is 1. The van der Waals surface area contributed by atoms with Crippen LogP contribution < -0.4 is 11.4 Å². The van der Waals surface area contributed by atoms with Crippen molar-refractivity contribution in [3.8, 4) is 0 Å². The van der Waals surface area contributed by atoms with Crippen molar-refractivity contribution in [3.05, 3.63) is 16.3 Å². The lowest BCUT2D eigenvalue weighted by Crippen LogP contribution is -2.18. The summed E-state index contributed by atoms with van der Waals surface area (Å²) >= 11 is 0. The van der Waals surface area contributed by atoms with E-state index in [9.17, 15) is 4.79 Å². The van der Waals surface area contributed by atoms with Crippen LogP contribution >= 0.6 is 0 Å². The number of nitrogen functional groups attached to an aromatic ring is 1. The van der Waals surface area contributed by atoms with Gasteiger partial charge in [0.2, 0.25) is 5.95 Å². The number of hydrogen-bond acceptors (Lipinski definition) is 4. The number of rotatable bonds is 1. The van der Waals surface area contributed by atoms with Crippen LogP contribution in [0.4, 0.5) is 5.95 Å². The molecule has 0 aliphatic heterocycles. The topological polar surface area (TPSA) is 84.7 Å². The molecule has 1 saturated carbocycles. The molecule has 5 heteroatoms. The monoisotopic (exact) mass is 208 g/mol. The fraction of sp³-hybridized carbons (Fsp3) is 0.700. The first-order valence-electron chi connectivity index (χ1n) is 5.00. The largest absolute Gasteiger partial charge is 0.368 e. The van der Waals surface area contributed by atoms with Gasteiger partial charge in [-0.1, -0.05) is 27.7 Å². The molecule has 1 aromatic heterocycles. The molecule has 0 atom stereocenters. The molecule has 1 heterocycles. The zero-order valence-corrected chi connectivity index (χ0v) is 9.46. The molecule has 0 bridgehead atoms. The summed E-state index contributed by atoms with van der Waals surface area (Å²) in [5, 5.41) is 0. The van der Waals surface area contributed by atoms with Crippen molar-refractivity contribution < 1.29 is 0 Å². The van der Waals surface area contributed by atoms with Crippen molar-refractivity contribution in [1.82, 2.24) is 15.0 Å². The molecule has 3 N–H and O–H groups in total. The Morgan fingerprint density at radius 2 is 1.73 bits per heavy atom. The van der Waals surface area contributed by atoms with E-state index in [4.69, 9.17) is 5.73 Å². The predicted octanol–water partition coefficient (Wildman–Crippen LogP) is 0.897. The highest BCUT2D eigenvalue weighted by molar-refractivity contribution is 5.28. The third-order valence-electron chi connectivity index (χ3n) is 3.98. The predicted molar refractivity (Wildman–Crippen MR) is 57.4 cm³/mol. The summed E-state index contributed by atoms with van der Waals surface area (Å²) in [6, 6.07) is 0. The normalized spacial score (nSPS) is 22.7. The van der Waals surface area contributed by atoms with Crippen LogP contribution in [0.5, 0.6) is 0 Å². The van der Waals surface area contributed by atoms with Crippen LogP contribution in [0.1, 0.15) is 39.4 Å². The maximum absolute atomic E-state index is 11.2. The van der Waals surface area contributed by atoms with E-state index < -0.39 is 5.69 Å². The van der Waals surface area contributed by atoms with Gasteiger partial charge < -0.3 is 5.73 Å². The Morgan fingerprint density at radius 3 is 2.13 bits per heavy atom. The molecule has 5 nitrogen and oxygen atoms in total. The number of anilines is 1. The van der Waals surface area contributed by atoms with Gasteiger partial charge in [-0.05, 0) is 10.8 Å². The zero-order valence-electron chi connectivity index (χ0n) is 9.46. The quantitative estimate of drug-likeness (QED) is 0.718. The molecule has 1 fully saturated rings. The molecule has 0 saturated heterocycles. The SMILES string of the molecule is CC1(C)C(c2nc(N)nc(=O)[nH]2)C1(C)C. The fourth-order valence-electron chi connectivity index (χ4n) is 2.43. The van der Waals surface area contributed by atoms with Gasteiger partial charge in [-0.25, -0.2) is 4.79 Å². The van der Waals surface area contributed by atoms with Gasteiger partial charge >= 0.3 is 5.69 Å². The number of hydrogen-bond donors (Lipinski definition) is 2. The van der Waals surface area contributed by atoms with E-state index >= 15 is 0 Å². The van der Waals surface area contributed by atoms with Crippen LogP contribution in [0.25, 0.3) is 0 Å². The Bertz CT molecular complexity index is 447. The van der Waals surface area contributed by atoms with E-state index in [-0.39, 0.29) is 22.7 Å². The molecular weight excluding hydrogens is 192 g/mol. The van der Waals surface area contributed by atoms with Gasteiger partial charge in [0.05, 0.1) is 0 Å². The van der Waals surface area contributed by atoms with Gasteiger partial charge in [0, 0.05) is 5.92 Å². The second kappa shape index (κ2) is 2.59. The van der Waals surface area contributed by atoms with Crippen molar-refractivity contribution in [2.75, 3.05) is 5.73 Å². The highest BCUT2D eigenvalue weighted by atomic mass is 16.1. The van der Waals surface area contributed by atoms with Crippen LogP contribution in [0, 0.1) is 10.8 Å². The Labute approximate surface area is 88.1 Å². The summed E-state index contributed by atoms with van der Waals surface area (Å²) in [6.45, 7) is 8.64. The van der Waals surface area contributed by atoms with E-state index in [0.29, 0.717) is 5.82 Å². The molecule has 1 aromatic rings. The van der Waals surface area contributed by atoms with Crippen LogP contribution in [0.15, 0.2) is 4.79 Å². The average Bonchev–Trinajstić information content (AvgIpc) is 2.39. The Balaban J connectivity index is 2.46. The van der Waals surface area contributed by atoms with Crippen molar-refractivity contribution in [1.29, 1.82) is 0 Å². The summed E-state index contributed by atoms with van der Waals surface area (Å²) < 4.78 is 0. The lowest BCUT2D eigenvalue weighted by Gasteiger charge is -2.03.